The molecule has 1 fully saturated rings. The first kappa shape index (κ1) is 12.5. The molecule has 96 valence electrons. The lowest BCUT2D eigenvalue weighted by molar-refractivity contribution is 0.359. The van der Waals surface area contributed by atoms with E-state index in [9.17, 15) is 8.42 Å². The maximum atomic E-state index is 11.4. The smallest absolute Gasteiger partial charge is 0.244 e. The van der Waals surface area contributed by atoms with E-state index in [-0.39, 0.29) is 11.8 Å². The fourth-order valence-corrected chi connectivity index (χ4v) is 2.30. The molecule has 2 rings (SSSR count). The van der Waals surface area contributed by atoms with E-state index in [0.717, 1.165) is 25.9 Å². The van der Waals surface area contributed by atoms with Crippen molar-refractivity contribution in [2.45, 2.75) is 30.9 Å². The fourth-order valence-electron chi connectivity index (χ4n) is 1.84. The van der Waals surface area contributed by atoms with Crippen molar-refractivity contribution in [1.82, 2.24) is 15.5 Å². The van der Waals surface area contributed by atoms with Gasteiger partial charge in [0, 0.05) is 12.2 Å². The van der Waals surface area contributed by atoms with Crippen LogP contribution in [-0.4, -0.2) is 37.9 Å². The zero-order valence-corrected chi connectivity index (χ0v) is 10.8. The summed E-state index contributed by atoms with van der Waals surface area (Å²) in [6, 6.07) is 0. The Morgan fingerprint density at radius 3 is 2.65 bits per heavy atom. The number of hydrogen-bond donors (Lipinski definition) is 1. The third-order valence-electron chi connectivity index (χ3n) is 3.15. The molecule has 0 saturated carbocycles. The van der Waals surface area contributed by atoms with Crippen molar-refractivity contribution in [3.63, 3.8) is 0 Å². The maximum Gasteiger partial charge on any atom is 0.244 e. The van der Waals surface area contributed by atoms with Crippen LogP contribution in [0.15, 0.2) is 4.52 Å². The molecule has 1 aliphatic rings. The molecule has 17 heavy (non-hydrogen) atoms. The van der Waals surface area contributed by atoms with Crippen LogP contribution < -0.4 is 5.32 Å². The van der Waals surface area contributed by atoms with Gasteiger partial charge in [-0.25, -0.2) is 8.42 Å². The molecule has 1 saturated heterocycles. The van der Waals surface area contributed by atoms with Gasteiger partial charge in [0.15, 0.2) is 15.7 Å². The lowest BCUT2D eigenvalue weighted by Gasteiger charge is -2.19. The van der Waals surface area contributed by atoms with Crippen LogP contribution in [0.5, 0.6) is 0 Å². The number of hydrogen-bond acceptors (Lipinski definition) is 6. The van der Waals surface area contributed by atoms with E-state index in [0.29, 0.717) is 5.82 Å². The lowest BCUT2D eigenvalue weighted by Crippen LogP contribution is -2.27. The summed E-state index contributed by atoms with van der Waals surface area (Å²) < 4.78 is 27.8. The Morgan fingerprint density at radius 2 is 2.06 bits per heavy atom. The first-order chi connectivity index (χ1) is 7.98. The van der Waals surface area contributed by atoms with Crippen molar-refractivity contribution >= 4 is 9.84 Å². The Bertz CT molecular complexity index is 477. The number of nitrogens with one attached hydrogen (secondary N) is 1. The van der Waals surface area contributed by atoms with Gasteiger partial charge in [0.05, 0.1) is 0 Å². The number of aromatic nitrogens is 2. The second kappa shape index (κ2) is 4.73. The monoisotopic (exact) mass is 259 g/mol. The Hall–Kier alpha value is -0.950. The molecule has 1 atom stereocenters. The van der Waals surface area contributed by atoms with E-state index in [2.05, 4.69) is 15.5 Å². The number of piperidine rings is 1. The van der Waals surface area contributed by atoms with Crippen LogP contribution in [0.4, 0.5) is 0 Å². The van der Waals surface area contributed by atoms with Crippen LogP contribution in [0, 0.1) is 0 Å². The molecule has 1 N–H and O–H groups in total. The van der Waals surface area contributed by atoms with Gasteiger partial charge in [-0.05, 0) is 32.9 Å². The zero-order chi connectivity index (χ0) is 12.5. The average molecular weight is 259 g/mol. The minimum absolute atomic E-state index is 0.195. The first-order valence-electron chi connectivity index (χ1n) is 5.71. The van der Waals surface area contributed by atoms with Crippen molar-refractivity contribution in [2.75, 3.05) is 19.3 Å². The molecule has 0 radical (unpaired) electrons. The van der Waals surface area contributed by atoms with E-state index in [1.165, 1.54) is 6.26 Å². The molecule has 1 aromatic heterocycles. The third kappa shape index (κ3) is 2.84. The van der Waals surface area contributed by atoms with Gasteiger partial charge < -0.3 is 9.84 Å². The zero-order valence-electron chi connectivity index (χ0n) is 10.0. The summed E-state index contributed by atoms with van der Waals surface area (Å²) in [6.45, 7) is 3.45. The fraction of sp³-hybridized carbons (Fsp3) is 0.800. The van der Waals surface area contributed by atoms with Gasteiger partial charge in [0.25, 0.3) is 0 Å². The van der Waals surface area contributed by atoms with Gasteiger partial charge in [-0.3, -0.25) is 0 Å². The maximum absolute atomic E-state index is 11.4. The molecule has 0 bridgehead atoms. The van der Waals surface area contributed by atoms with E-state index >= 15 is 0 Å². The second-order valence-corrected chi connectivity index (χ2v) is 6.85. The lowest BCUT2D eigenvalue weighted by atomic mass is 9.98. The molecule has 1 aliphatic heterocycles. The van der Waals surface area contributed by atoms with Gasteiger partial charge in [-0.2, -0.15) is 4.98 Å². The molecule has 2 heterocycles. The van der Waals surface area contributed by atoms with E-state index < -0.39 is 15.1 Å². The van der Waals surface area contributed by atoms with Crippen LogP contribution in [0.3, 0.4) is 0 Å². The summed E-state index contributed by atoms with van der Waals surface area (Å²) >= 11 is 0. The summed E-state index contributed by atoms with van der Waals surface area (Å²) in [7, 11) is -3.18. The minimum atomic E-state index is -3.18. The van der Waals surface area contributed by atoms with Crippen LogP contribution in [0.25, 0.3) is 0 Å². The molecule has 1 aromatic rings. The molecule has 0 amide bonds. The summed E-state index contributed by atoms with van der Waals surface area (Å²) in [5, 5.41) is 6.42. The van der Waals surface area contributed by atoms with Crippen molar-refractivity contribution in [3.8, 4) is 0 Å². The normalized spacial score (nSPS) is 20.4. The first-order valence-corrected chi connectivity index (χ1v) is 7.67. The van der Waals surface area contributed by atoms with Crippen LogP contribution in [-0.2, 0) is 9.84 Å². The third-order valence-corrected chi connectivity index (χ3v) is 4.64. The molecule has 1 unspecified atom stereocenters. The van der Waals surface area contributed by atoms with Gasteiger partial charge in [-0.1, -0.05) is 5.16 Å². The van der Waals surface area contributed by atoms with Crippen molar-refractivity contribution < 1.29 is 12.9 Å². The quantitative estimate of drug-likeness (QED) is 0.857. The highest BCUT2D eigenvalue weighted by molar-refractivity contribution is 7.90. The molecule has 0 aliphatic carbocycles. The van der Waals surface area contributed by atoms with E-state index in [4.69, 9.17) is 4.52 Å². The van der Waals surface area contributed by atoms with E-state index in [1.807, 2.05) is 0 Å². The average Bonchev–Trinajstić information content (AvgIpc) is 2.77. The Morgan fingerprint density at radius 1 is 1.41 bits per heavy atom. The Labute approximate surface area is 101 Å². The molecule has 7 heteroatoms. The predicted octanol–water partition coefficient (Wildman–Crippen LogP) is 0.642. The van der Waals surface area contributed by atoms with Crippen LogP contribution in [0.1, 0.15) is 42.6 Å². The number of rotatable bonds is 3. The summed E-state index contributed by atoms with van der Waals surface area (Å²) in [5.41, 5.74) is 0. The van der Waals surface area contributed by atoms with Crippen molar-refractivity contribution in [3.05, 3.63) is 11.7 Å². The highest BCUT2D eigenvalue weighted by Crippen LogP contribution is 2.25. The molecule has 0 spiro atoms. The van der Waals surface area contributed by atoms with Gasteiger partial charge >= 0.3 is 0 Å². The summed E-state index contributed by atoms with van der Waals surface area (Å²) in [5.74, 6) is 1.11. The van der Waals surface area contributed by atoms with Crippen LogP contribution >= 0.6 is 0 Å². The largest absolute Gasteiger partial charge is 0.338 e. The molecular formula is C10H17N3O3S. The highest BCUT2D eigenvalue weighted by Gasteiger charge is 2.26. The highest BCUT2D eigenvalue weighted by atomic mass is 32.2. The summed E-state index contributed by atoms with van der Waals surface area (Å²) in [6.07, 6.45) is 3.10. The van der Waals surface area contributed by atoms with Gasteiger partial charge in [0.1, 0.15) is 5.25 Å². The standard InChI is InChI=1S/C10H17N3O3S/c1-7(17(2,14)15)10-12-9(13-16-10)8-3-5-11-6-4-8/h7-8,11H,3-6H2,1-2H3. The number of nitrogens with zero attached hydrogens (tertiary/aromatic N) is 2. The van der Waals surface area contributed by atoms with E-state index in [1.54, 1.807) is 6.92 Å². The minimum Gasteiger partial charge on any atom is -0.338 e. The Kier molecular flexibility index (Phi) is 3.48. The molecule has 0 aromatic carbocycles. The number of sulfone groups is 1. The van der Waals surface area contributed by atoms with Gasteiger partial charge in [-0.15, -0.1) is 0 Å². The Balaban J connectivity index is 2.15. The van der Waals surface area contributed by atoms with Crippen LogP contribution in [0.2, 0.25) is 0 Å². The van der Waals surface area contributed by atoms with Crippen molar-refractivity contribution in [2.24, 2.45) is 0 Å². The predicted molar refractivity (Wildman–Crippen MR) is 62.4 cm³/mol. The molecule has 6 nitrogen and oxygen atoms in total. The molecular weight excluding hydrogens is 242 g/mol. The summed E-state index contributed by atoms with van der Waals surface area (Å²) in [4.78, 5) is 4.22. The SMILES string of the molecule is CC(c1nc(C2CCNCC2)no1)S(C)(=O)=O. The second-order valence-electron chi connectivity index (χ2n) is 4.49. The topological polar surface area (TPSA) is 85.1 Å². The van der Waals surface area contributed by atoms with Gasteiger partial charge in [0.2, 0.25) is 5.89 Å². The van der Waals surface area contributed by atoms with Crippen molar-refractivity contribution in [1.29, 1.82) is 0 Å².